The molecule has 4 rings (SSSR count). The number of imidazole rings is 1. The number of aryl methyl sites for hydroxylation is 1. The summed E-state index contributed by atoms with van der Waals surface area (Å²) < 4.78 is 15.2. The Kier molecular flexibility index (Phi) is 5.44. The van der Waals surface area contributed by atoms with Crippen molar-refractivity contribution in [2.24, 2.45) is 7.05 Å². The maximum absolute atomic E-state index is 13.3. The molecule has 0 aliphatic rings. The van der Waals surface area contributed by atoms with Gasteiger partial charge in [0.05, 0.1) is 17.8 Å². The first-order chi connectivity index (χ1) is 14.1. The molecule has 1 amide bonds. The second-order valence-electron chi connectivity index (χ2n) is 6.48. The van der Waals surface area contributed by atoms with Crippen LogP contribution in [0.25, 0.3) is 10.7 Å². The summed E-state index contributed by atoms with van der Waals surface area (Å²) in [5.74, 6) is 0.140. The summed E-state index contributed by atoms with van der Waals surface area (Å²) in [5.41, 5.74) is 2.20. The number of nitrogens with one attached hydrogen (secondary N) is 1. The third kappa shape index (κ3) is 4.38. The number of halogens is 1. The van der Waals surface area contributed by atoms with Crippen LogP contribution in [0.4, 0.5) is 4.39 Å². The van der Waals surface area contributed by atoms with E-state index in [0.29, 0.717) is 11.5 Å². The van der Waals surface area contributed by atoms with Crippen LogP contribution in [-0.4, -0.2) is 25.4 Å². The molecule has 3 heterocycles. The smallest absolute Gasteiger partial charge is 0.226 e. The molecule has 0 aliphatic heterocycles. The zero-order chi connectivity index (χ0) is 20.2. The summed E-state index contributed by atoms with van der Waals surface area (Å²) in [6, 6.07) is 11.2. The summed E-state index contributed by atoms with van der Waals surface area (Å²) in [6.07, 6.45) is 5.31. The van der Waals surface area contributed by atoms with Crippen molar-refractivity contribution in [2.45, 2.75) is 12.5 Å². The van der Waals surface area contributed by atoms with E-state index in [9.17, 15) is 9.18 Å². The lowest BCUT2D eigenvalue weighted by Gasteiger charge is -2.19. The third-order valence-electron chi connectivity index (χ3n) is 4.40. The number of rotatable bonds is 6. The normalized spacial score (nSPS) is 11.9. The van der Waals surface area contributed by atoms with Crippen molar-refractivity contribution >= 4 is 17.2 Å². The Hall–Kier alpha value is -3.39. The maximum atomic E-state index is 13.3. The monoisotopic (exact) mass is 407 g/mol. The molecule has 4 aromatic rings. The van der Waals surface area contributed by atoms with Crippen LogP contribution in [0.2, 0.25) is 0 Å². The Morgan fingerprint density at radius 2 is 2.00 bits per heavy atom. The Morgan fingerprint density at radius 3 is 2.69 bits per heavy atom. The molecule has 0 saturated carbocycles. The largest absolute Gasteiger partial charge is 0.342 e. The molecule has 1 aromatic carbocycles. The van der Waals surface area contributed by atoms with E-state index in [1.165, 1.54) is 23.5 Å². The molecule has 146 valence electrons. The molecule has 1 unspecified atom stereocenters. The van der Waals surface area contributed by atoms with E-state index in [4.69, 9.17) is 0 Å². The molecule has 6 nitrogen and oxygen atoms in total. The molecule has 1 atom stereocenters. The first-order valence-corrected chi connectivity index (χ1v) is 9.86. The Labute approximate surface area is 171 Å². The highest BCUT2D eigenvalue weighted by Gasteiger charge is 2.21. The van der Waals surface area contributed by atoms with Gasteiger partial charge in [0.15, 0.2) is 0 Å². The molecule has 1 N–H and O–H groups in total. The lowest BCUT2D eigenvalue weighted by molar-refractivity contribution is -0.121. The lowest BCUT2D eigenvalue weighted by atomic mass is 10.1. The Bertz CT molecular complexity index is 1110. The highest BCUT2D eigenvalue weighted by molar-refractivity contribution is 7.13. The second kappa shape index (κ2) is 8.32. The number of amides is 1. The number of carbonyl (C=O) groups excluding carboxylic acids is 1. The Morgan fingerprint density at radius 1 is 1.17 bits per heavy atom. The molecule has 0 bridgehead atoms. The minimum absolute atomic E-state index is 0.130. The predicted molar refractivity (Wildman–Crippen MR) is 109 cm³/mol. The van der Waals surface area contributed by atoms with E-state index in [1.807, 2.05) is 35.2 Å². The van der Waals surface area contributed by atoms with Gasteiger partial charge in [0, 0.05) is 31.0 Å². The van der Waals surface area contributed by atoms with Crippen LogP contribution in [0.5, 0.6) is 0 Å². The summed E-state index contributed by atoms with van der Waals surface area (Å²) in [4.78, 5) is 25.9. The van der Waals surface area contributed by atoms with Crippen LogP contribution in [-0.2, 0) is 18.3 Å². The lowest BCUT2D eigenvalue weighted by Crippen LogP contribution is -2.32. The number of pyridine rings is 1. The van der Waals surface area contributed by atoms with Crippen molar-refractivity contribution in [2.75, 3.05) is 0 Å². The molecular formula is C21H18FN5OS. The molecule has 29 heavy (non-hydrogen) atoms. The first kappa shape index (κ1) is 18.9. The van der Waals surface area contributed by atoms with Gasteiger partial charge >= 0.3 is 0 Å². The molecule has 3 aromatic heterocycles. The summed E-state index contributed by atoms with van der Waals surface area (Å²) >= 11 is 1.45. The molecule has 0 spiro atoms. The molecular weight excluding hydrogens is 389 g/mol. The summed E-state index contributed by atoms with van der Waals surface area (Å²) in [6.45, 7) is 0. The van der Waals surface area contributed by atoms with Gasteiger partial charge in [0.2, 0.25) is 5.91 Å². The number of hydrogen-bond donors (Lipinski definition) is 1. The zero-order valence-corrected chi connectivity index (χ0v) is 16.4. The Balaban J connectivity index is 1.52. The third-order valence-corrected chi connectivity index (χ3v) is 5.32. The predicted octanol–water partition coefficient (Wildman–Crippen LogP) is 3.53. The SMILES string of the molecule is Cn1ccnc1C(NC(=O)Cc1csc(-c2ccccn2)n1)c1ccc(F)cc1. The van der Waals surface area contributed by atoms with Crippen molar-refractivity contribution in [3.8, 4) is 10.7 Å². The quantitative estimate of drug-likeness (QED) is 0.531. The summed E-state index contributed by atoms with van der Waals surface area (Å²) in [7, 11) is 1.85. The topological polar surface area (TPSA) is 72.7 Å². The van der Waals surface area contributed by atoms with Crippen LogP contribution in [0, 0.1) is 5.82 Å². The number of nitrogens with zero attached hydrogens (tertiary/aromatic N) is 4. The van der Waals surface area contributed by atoms with E-state index < -0.39 is 6.04 Å². The highest BCUT2D eigenvalue weighted by atomic mass is 32.1. The van der Waals surface area contributed by atoms with Gasteiger partial charge in [-0.3, -0.25) is 9.78 Å². The average molecular weight is 407 g/mol. The van der Waals surface area contributed by atoms with E-state index in [2.05, 4.69) is 20.3 Å². The zero-order valence-electron chi connectivity index (χ0n) is 15.6. The van der Waals surface area contributed by atoms with Gasteiger partial charge in [-0.05, 0) is 29.8 Å². The standard InChI is InChI=1S/C21H18FN5OS/c1-27-11-10-24-20(27)19(14-5-7-15(22)8-6-14)26-18(28)12-16-13-29-21(25-16)17-4-2-3-9-23-17/h2-11,13,19H,12H2,1H3,(H,26,28). The van der Waals surface area contributed by atoms with Crippen molar-refractivity contribution < 1.29 is 9.18 Å². The van der Waals surface area contributed by atoms with Crippen molar-refractivity contribution in [1.29, 1.82) is 0 Å². The average Bonchev–Trinajstić information content (AvgIpc) is 3.37. The van der Waals surface area contributed by atoms with Gasteiger partial charge in [-0.25, -0.2) is 14.4 Å². The molecule has 0 radical (unpaired) electrons. The molecule has 0 fully saturated rings. The second-order valence-corrected chi connectivity index (χ2v) is 7.34. The van der Waals surface area contributed by atoms with Gasteiger partial charge < -0.3 is 9.88 Å². The number of thiazole rings is 1. The van der Waals surface area contributed by atoms with Gasteiger partial charge in [-0.1, -0.05) is 18.2 Å². The highest BCUT2D eigenvalue weighted by Crippen LogP contribution is 2.23. The van der Waals surface area contributed by atoms with Crippen molar-refractivity contribution in [3.05, 3.63) is 89.3 Å². The minimum Gasteiger partial charge on any atom is -0.342 e. The van der Waals surface area contributed by atoms with E-state index in [0.717, 1.165) is 16.3 Å². The van der Waals surface area contributed by atoms with Crippen molar-refractivity contribution in [3.63, 3.8) is 0 Å². The summed E-state index contributed by atoms with van der Waals surface area (Å²) in [5, 5.41) is 5.63. The fourth-order valence-electron chi connectivity index (χ4n) is 2.98. The van der Waals surface area contributed by atoms with Crippen LogP contribution < -0.4 is 5.32 Å². The van der Waals surface area contributed by atoms with Crippen LogP contribution in [0.1, 0.15) is 23.1 Å². The number of hydrogen-bond acceptors (Lipinski definition) is 5. The molecule has 0 aliphatic carbocycles. The van der Waals surface area contributed by atoms with E-state index in [1.54, 1.807) is 30.7 Å². The van der Waals surface area contributed by atoms with Crippen LogP contribution in [0.15, 0.2) is 66.4 Å². The number of benzene rings is 1. The van der Waals surface area contributed by atoms with E-state index in [-0.39, 0.29) is 18.1 Å². The van der Waals surface area contributed by atoms with Gasteiger partial charge in [-0.2, -0.15) is 0 Å². The number of aromatic nitrogens is 4. The van der Waals surface area contributed by atoms with Gasteiger partial charge in [-0.15, -0.1) is 11.3 Å². The van der Waals surface area contributed by atoms with Crippen molar-refractivity contribution in [1.82, 2.24) is 24.8 Å². The minimum atomic E-state index is -0.489. The molecule has 0 saturated heterocycles. The number of carbonyl (C=O) groups is 1. The van der Waals surface area contributed by atoms with E-state index >= 15 is 0 Å². The van der Waals surface area contributed by atoms with Crippen LogP contribution >= 0.6 is 11.3 Å². The van der Waals surface area contributed by atoms with Crippen LogP contribution in [0.3, 0.4) is 0 Å². The first-order valence-electron chi connectivity index (χ1n) is 8.98. The van der Waals surface area contributed by atoms with Gasteiger partial charge in [0.1, 0.15) is 22.7 Å². The fourth-order valence-corrected chi connectivity index (χ4v) is 3.77. The maximum Gasteiger partial charge on any atom is 0.226 e. The van der Waals surface area contributed by atoms with Gasteiger partial charge in [0.25, 0.3) is 0 Å². The molecule has 8 heteroatoms. The fraction of sp³-hybridized carbons (Fsp3) is 0.143.